The topological polar surface area (TPSA) is 80.7 Å². The van der Waals surface area contributed by atoms with Crippen molar-refractivity contribution in [3.63, 3.8) is 0 Å². The van der Waals surface area contributed by atoms with Gasteiger partial charge in [0.2, 0.25) is 0 Å². The van der Waals surface area contributed by atoms with E-state index >= 15 is 0 Å². The molecular weight excluding hydrogens is 220 g/mol. The van der Waals surface area contributed by atoms with Gasteiger partial charge in [-0.15, -0.1) is 0 Å². The molecule has 1 fully saturated rings. The summed E-state index contributed by atoms with van der Waals surface area (Å²) in [7, 11) is -3.87. The van der Waals surface area contributed by atoms with Crippen LogP contribution < -0.4 is 0 Å². The molecule has 0 saturated heterocycles. The van der Waals surface area contributed by atoms with Gasteiger partial charge in [0.1, 0.15) is 5.78 Å². The highest BCUT2D eigenvalue weighted by atomic mass is 32.2. The molecule has 88 valence electrons. The van der Waals surface area contributed by atoms with Crippen molar-refractivity contribution >= 4 is 15.9 Å². The Labute approximate surface area is 89.6 Å². The quantitative estimate of drug-likeness (QED) is 0.564. The van der Waals surface area contributed by atoms with Gasteiger partial charge in [0.05, 0.1) is 11.9 Å². The summed E-state index contributed by atoms with van der Waals surface area (Å²) in [6.45, 7) is 0.318. The van der Waals surface area contributed by atoms with Crippen molar-refractivity contribution in [1.29, 1.82) is 0 Å². The molecule has 0 aromatic heterocycles. The molecule has 1 rings (SSSR count). The molecule has 5 nitrogen and oxygen atoms in total. The number of rotatable bonds is 5. The van der Waals surface area contributed by atoms with Crippen LogP contribution in [0.4, 0.5) is 0 Å². The zero-order valence-corrected chi connectivity index (χ0v) is 9.33. The average Bonchev–Trinajstić information content (AvgIpc) is 2.14. The Morgan fingerprint density at radius 3 is 2.47 bits per heavy atom. The summed E-state index contributed by atoms with van der Waals surface area (Å²) in [5, 5.41) is 0. The third kappa shape index (κ3) is 5.86. The van der Waals surface area contributed by atoms with E-state index in [0.717, 1.165) is 12.8 Å². The number of Topliss-reactive ketones (excluding diaryl/α,β-unsaturated/α-hetero) is 1. The number of carbonyl (C=O) groups excluding carboxylic acids is 1. The Morgan fingerprint density at radius 2 is 1.93 bits per heavy atom. The minimum atomic E-state index is -3.87. The standard InChI is InChI=1S/C9H16O5S/c10-8-2-4-9(5-3-8)14-6-1-7-15(11,12)13/h9H,1-7H2,(H,11,12,13). The van der Waals surface area contributed by atoms with E-state index in [2.05, 4.69) is 0 Å². The second kappa shape index (κ2) is 5.58. The Kier molecular flexibility index (Phi) is 4.69. The van der Waals surface area contributed by atoms with Crippen LogP contribution in [0.1, 0.15) is 32.1 Å². The van der Waals surface area contributed by atoms with Crippen LogP contribution in [0.3, 0.4) is 0 Å². The molecule has 15 heavy (non-hydrogen) atoms. The fourth-order valence-electron chi connectivity index (χ4n) is 1.57. The molecule has 6 heteroatoms. The van der Waals surface area contributed by atoms with Crippen LogP contribution >= 0.6 is 0 Å². The Morgan fingerprint density at radius 1 is 1.33 bits per heavy atom. The predicted octanol–water partition coefficient (Wildman–Crippen LogP) is 0.793. The summed E-state index contributed by atoms with van der Waals surface area (Å²) in [5.41, 5.74) is 0. The molecule has 0 aliphatic heterocycles. The maximum atomic E-state index is 10.9. The van der Waals surface area contributed by atoms with Gasteiger partial charge in [-0.3, -0.25) is 9.35 Å². The van der Waals surface area contributed by atoms with E-state index in [1.165, 1.54) is 0 Å². The zero-order chi connectivity index (χ0) is 11.3. The van der Waals surface area contributed by atoms with Gasteiger partial charge < -0.3 is 4.74 Å². The second-order valence-corrected chi connectivity index (χ2v) is 5.32. The molecule has 0 aromatic carbocycles. The Hall–Kier alpha value is -0.460. The monoisotopic (exact) mass is 236 g/mol. The highest BCUT2D eigenvalue weighted by Crippen LogP contribution is 2.17. The first kappa shape index (κ1) is 12.6. The molecular formula is C9H16O5S. The smallest absolute Gasteiger partial charge is 0.264 e. The third-order valence-electron chi connectivity index (χ3n) is 2.39. The molecule has 0 unspecified atom stereocenters. The largest absolute Gasteiger partial charge is 0.378 e. The first-order valence-electron chi connectivity index (χ1n) is 5.06. The summed E-state index contributed by atoms with van der Waals surface area (Å²) in [6.07, 6.45) is 2.94. The van der Waals surface area contributed by atoms with Crippen molar-refractivity contribution in [2.75, 3.05) is 12.4 Å². The number of ether oxygens (including phenoxy) is 1. The van der Waals surface area contributed by atoms with Gasteiger partial charge in [-0.05, 0) is 19.3 Å². The van der Waals surface area contributed by atoms with Gasteiger partial charge in [-0.2, -0.15) is 8.42 Å². The van der Waals surface area contributed by atoms with E-state index < -0.39 is 10.1 Å². The van der Waals surface area contributed by atoms with Crippen molar-refractivity contribution in [3.8, 4) is 0 Å². The van der Waals surface area contributed by atoms with Crippen LogP contribution in [0.2, 0.25) is 0 Å². The van der Waals surface area contributed by atoms with Gasteiger partial charge in [0.15, 0.2) is 0 Å². The van der Waals surface area contributed by atoms with Crippen LogP contribution in [-0.2, 0) is 19.6 Å². The molecule has 1 aliphatic rings. The number of hydrogen-bond acceptors (Lipinski definition) is 4. The molecule has 0 atom stereocenters. The lowest BCUT2D eigenvalue weighted by atomic mass is 9.96. The first-order chi connectivity index (χ1) is 6.97. The Balaban J connectivity index is 2.08. The maximum absolute atomic E-state index is 10.9. The number of hydrogen-bond donors (Lipinski definition) is 1. The summed E-state index contributed by atoms with van der Waals surface area (Å²) >= 11 is 0. The lowest BCUT2D eigenvalue weighted by Crippen LogP contribution is -2.22. The van der Waals surface area contributed by atoms with Crippen molar-refractivity contribution in [1.82, 2.24) is 0 Å². The van der Waals surface area contributed by atoms with Gasteiger partial charge in [-0.25, -0.2) is 0 Å². The molecule has 1 N–H and O–H groups in total. The summed E-state index contributed by atoms with van der Waals surface area (Å²) < 4.78 is 34.6. The molecule has 1 aliphatic carbocycles. The van der Waals surface area contributed by atoms with Crippen molar-refractivity contribution in [2.45, 2.75) is 38.2 Å². The lowest BCUT2D eigenvalue weighted by molar-refractivity contribution is -0.122. The average molecular weight is 236 g/mol. The van der Waals surface area contributed by atoms with E-state index in [1.54, 1.807) is 0 Å². The van der Waals surface area contributed by atoms with Gasteiger partial charge in [-0.1, -0.05) is 0 Å². The molecule has 0 aromatic rings. The SMILES string of the molecule is O=C1CCC(OCCCS(=O)(=O)O)CC1. The van der Waals surface area contributed by atoms with Crippen LogP contribution in [0.15, 0.2) is 0 Å². The normalized spacial score (nSPS) is 19.4. The number of ketones is 1. The molecule has 0 amide bonds. The minimum Gasteiger partial charge on any atom is -0.378 e. The number of carbonyl (C=O) groups is 1. The minimum absolute atomic E-state index is 0.0732. The van der Waals surface area contributed by atoms with E-state index in [-0.39, 0.29) is 17.6 Å². The summed E-state index contributed by atoms with van der Waals surface area (Å²) in [5.74, 6) is 0.00587. The lowest BCUT2D eigenvalue weighted by Gasteiger charge is -2.21. The van der Waals surface area contributed by atoms with Crippen LogP contribution in [0.25, 0.3) is 0 Å². The van der Waals surface area contributed by atoms with Crippen molar-refractivity contribution in [2.24, 2.45) is 0 Å². The highest BCUT2D eigenvalue weighted by Gasteiger charge is 2.18. The molecule has 0 bridgehead atoms. The zero-order valence-electron chi connectivity index (χ0n) is 8.52. The summed E-state index contributed by atoms with van der Waals surface area (Å²) in [6, 6.07) is 0. The predicted molar refractivity (Wildman–Crippen MR) is 54.2 cm³/mol. The molecule has 0 heterocycles. The first-order valence-corrected chi connectivity index (χ1v) is 6.67. The van der Waals surface area contributed by atoms with Crippen LogP contribution in [0, 0.1) is 0 Å². The Bertz CT molecular complexity index is 298. The molecule has 1 saturated carbocycles. The highest BCUT2D eigenvalue weighted by molar-refractivity contribution is 7.85. The van der Waals surface area contributed by atoms with Gasteiger partial charge in [0.25, 0.3) is 10.1 Å². The van der Waals surface area contributed by atoms with Gasteiger partial charge in [0, 0.05) is 19.4 Å². The van der Waals surface area contributed by atoms with E-state index in [9.17, 15) is 13.2 Å². The van der Waals surface area contributed by atoms with E-state index in [4.69, 9.17) is 9.29 Å². The van der Waals surface area contributed by atoms with Crippen LogP contribution in [0.5, 0.6) is 0 Å². The van der Waals surface area contributed by atoms with Crippen molar-refractivity contribution in [3.05, 3.63) is 0 Å². The third-order valence-corrected chi connectivity index (χ3v) is 3.20. The van der Waals surface area contributed by atoms with Crippen LogP contribution in [-0.4, -0.2) is 37.2 Å². The van der Waals surface area contributed by atoms with Gasteiger partial charge >= 0.3 is 0 Å². The van der Waals surface area contributed by atoms with Crippen molar-refractivity contribution < 1.29 is 22.5 Å². The maximum Gasteiger partial charge on any atom is 0.264 e. The molecule has 0 spiro atoms. The fraction of sp³-hybridized carbons (Fsp3) is 0.889. The van der Waals surface area contributed by atoms with E-state index in [1.807, 2.05) is 0 Å². The molecule has 0 radical (unpaired) electrons. The van der Waals surface area contributed by atoms with E-state index in [0.29, 0.717) is 25.9 Å². The second-order valence-electron chi connectivity index (χ2n) is 3.75. The summed E-state index contributed by atoms with van der Waals surface area (Å²) in [4.78, 5) is 10.9. The fourth-order valence-corrected chi connectivity index (χ4v) is 2.05.